The summed E-state index contributed by atoms with van der Waals surface area (Å²) in [5, 5.41) is 4.12. The summed E-state index contributed by atoms with van der Waals surface area (Å²) in [4.78, 5) is 3.13. The Labute approximate surface area is 169 Å². The molecule has 0 spiro atoms. The summed E-state index contributed by atoms with van der Waals surface area (Å²) < 4.78 is 13.3. The Balaban J connectivity index is 1.56. The van der Waals surface area contributed by atoms with E-state index in [0.717, 1.165) is 31.1 Å². The predicted octanol–water partition coefficient (Wildman–Crippen LogP) is 6.08. The standard InChI is InChI=1S/C23H37N3O2/c1-13-6-7-15-18-16(9-11-22(13,15)4)23(5)10-8-14(25-26-24)12-17(23)19-20(18)28-21(2,3)27-19/h13-20H,6-12H2,1-5H3/t13-,14-,15?,16?,17?,18?,19+,20+,22+,23+/m0/s1. The molecular formula is C23H37N3O2. The van der Waals surface area contributed by atoms with E-state index in [4.69, 9.17) is 15.0 Å². The van der Waals surface area contributed by atoms with Gasteiger partial charge in [0.05, 0.1) is 12.2 Å². The molecule has 4 aliphatic carbocycles. The maximum absolute atomic E-state index is 9.00. The number of nitrogens with zero attached hydrogens (tertiary/aromatic N) is 3. The van der Waals surface area contributed by atoms with Crippen molar-refractivity contribution in [2.75, 3.05) is 0 Å². The first-order chi connectivity index (χ1) is 13.2. The molecule has 0 aromatic heterocycles. The summed E-state index contributed by atoms with van der Waals surface area (Å²) >= 11 is 0. The molecule has 4 unspecified atom stereocenters. The number of rotatable bonds is 1. The minimum Gasteiger partial charge on any atom is -0.344 e. The Morgan fingerprint density at radius 1 is 0.857 bits per heavy atom. The van der Waals surface area contributed by atoms with Gasteiger partial charge in [0, 0.05) is 11.0 Å². The smallest absolute Gasteiger partial charge is 0.163 e. The predicted molar refractivity (Wildman–Crippen MR) is 108 cm³/mol. The Morgan fingerprint density at radius 2 is 1.54 bits per heavy atom. The molecule has 10 atom stereocenters. The molecule has 5 rings (SSSR count). The van der Waals surface area contributed by atoms with Crippen molar-refractivity contribution in [3.63, 3.8) is 0 Å². The van der Waals surface area contributed by atoms with Gasteiger partial charge in [0.1, 0.15) is 0 Å². The second kappa shape index (κ2) is 6.12. The summed E-state index contributed by atoms with van der Waals surface area (Å²) in [5.74, 6) is 2.85. The second-order valence-corrected chi connectivity index (χ2v) is 11.6. The topological polar surface area (TPSA) is 67.2 Å². The van der Waals surface area contributed by atoms with Crippen molar-refractivity contribution < 1.29 is 9.47 Å². The van der Waals surface area contributed by atoms with Crippen LogP contribution in [0, 0.1) is 40.4 Å². The lowest BCUT2D eigenvalue weighted by atomic mass is 9.43. The Bertz CT molecular complexity index is 704. The van der Waals surface area contributed by atoms with Gasteiger partial charge in [-0.05, 0) is 105 Å². The number of fused-ring (bicyclic) bond motifs is 8. The van der Waals surface area contributed by atoms with Crippen molar-refractivity contribution in [3.05, 3.63) is 10.4 Å². The van der Waals surface area contributed by atoms with E-state index >= 15 is 0 Å². The normalized spacial score (nSPS) is 56.8. The van der Waals surface area contributed by atoms with E-state index in [1.54, 1.807) is 0 Å². The molecule has 1 saturated heterocycles. The van der Waals surface area contributed by atoms with Crippen LogP contribution < -0.4 is 0 Å². The molecule has 0 amide bonds. The van der Waals surface area contributed by atoms with Gasteiger partial charge >= 0.3 is 0 Å². The van der Waals surface area contributed by atoms with Crippen LogP contribution in [0.2, 0.25) is 0 Å². The van der Waals surface area contributed by atoms with Crippen molar-refractivity contribution in [2.45, 2.75) is 104 Å². The van der Waals surface area contributed by atoms with Crippen molar-refractivity contribution in [1.29, 1.82) is 0 Å². The van der Waals surface area contributed by atoms with Crippen LogP contribution in [0.1, 0.15) is 79.6 Å². The maximum atomic E-state index is 9.00. The lowest BCUT2D eigenvalue weighted by Gasteiger charge is -2.63. The van der Waals surface area contributed by atoms with E-state index in [9.17, 15) is 0 Å². The monoisotopic (exact) mass is 387 g/mol. The minimum atomic E-state index is -0.505. The fourth-order valence-electron chi connectivity index (χ4n) is 8.60. The summed E-state index contributed by atoms with van der Waals surface area (Å²) in [6.45, 7) is 11.8. The van der Waals surface area contributed by atoms with Gasteiger partial charge in [0.15, 0.2) is 5.79 Å². The van der Waals surface area contributed by atoms with Gasteiger partial charge in [0.2, 0.25) is 0 Å². The molecule has 1 heterocycles. The van der Waals surface area contributed by atoms with E-state index in [2.05, 4.69) is 44.6 Å². The molecule has 0 radical (unpaired) electrons. The Kier molecular flexibility index (Phi) is 4.20. The molecule has 5 aliphatic rings. The number of azide groups is 1. The van der Waals surface area contributed by atoms with Crippen LogP contribution in [-0.2, 0) is 9.47 Å². The molecular weight excluding hydrogens is 350 g/mol. The first-order valence-corrected chi connectivity index (χ1v) is 11.6. The third-order valence-electron chi connectivity index (χ3n) is 10.2. The molecule has 4 saturated carbocycles. The highest BCUT2D eigenvalue weighted by Crippen LogP contribution is 2.69. The third-order valence-corrected chi connectivity index (χ3v) is 10.2. The summed E-state index contributed by atoms with van der Waals surface area (Å²) in [7, 11) is 0. The van der Waals surface area contributed by atoms with Crippen LogP contribution in [-0.4, -0.2) is 24.0 Å². The van der Waals surface area contributed by atoms with Gasteiger partial charge in [0.25, 0.3) is 0 Å². The van der Waals surface area contributed by atoms with Crippen molar-refractivity contribution in [2.24, 2.45) is 45.5 Å². The SMILES string of the molecule is C[C@H]1CCC2C3C(CC[C@@]21C)[C@@]1(C)CC[C@H](N=[N+]=[N-])CC1[C@H]1OC(C)(C)O[C@H]31. The molecule has 156 valence electrons. The van der Waals surface area contributed by atoms with E-state index in [1.807, 2.05) is 0 Å². The van der Waals surface area contributed by atoms with Crippen LogP contribution >= 0.6 is 0 Å². The summed E-state index contributed by atoms with van der Waals surface area (Å²) in [6.07, 6.45) is 8.92. The summed E-state index contributed by atoms with van der Waals surface area (Å²) in [6, 6.07) is 0.118. The van der Waals surface area contributed by atoms with Crippen molar-refractivity contribution >= 4 is 0 Å². The van der Waals surface area contributed by atoms with Crippen LogP contribution in [0.15, 0.2) is 5.11 Å². The maximum Gasteiger partial charge on any atom is 0.163 e. The molecule has 5 nitrogen and oxygen atoms in total. The zero-order valence-electron chi connectivity index (χ0n) is 18.2. The third kappa shape index (κ3) is 2.48. The average molecular weight is 388 g/mol. The van der Waals surface area contributed by atoms with Crippen LogP contribution in [0.25, 0.3) is 10.4 Å². The molecule has 0 aromatic carbocycles. The lowest BCUT2D eigenvalue weighted by Crippen LogP contribution is -2.63. The molecule has 0 N–H and O–H groups in total. The fraction of sp³-hybridized carbons (Fsp3) is 1.00. The quantitative estimate of drug-likeness (QED) is 0.311. The molecule has 0 bridgehead atoms. The zero-order chi connectivity index (χ0) is 19.9. The van der Waals surface area contributed by atoms with Crippen LogP contribution in [0.4, 0.5) is 0 Å². The van der Waals surface area contributed by atoms with E-state index in [-0.39, 0.29) is 23.7 Å². The number of hydrogen-bond donors (Lipinski definition) is 0. The largest absolute Gasteiger partial charge is 0.344 e. The summed E-state index contributed by atoms with van der Waals surface area (Å²) in [5.41, 5.74) is 9.74. The van der Waals surface area contributed by atoms with Gasteiger partial charge in [-0.2, -0.15) is 0 Å². The van der Waals surface area contributed by atoms with Crippen molar-refractivity contribution in [1.82, 2.24) is 0 Å². The average Bonchev–Trinajstić information content (AvgIpc) is 3.12. The molecule has 28 heavy (non-hydrogen) atoms. The van der Waals surface area contributed by atoms with E-state index in [1.165, 1.54) is 25.7 Å². The van der Waals surface area contributed by atoms with E-state index < -0.39 is 5.79 Å². The second-order valence-electron chi connectivity index (χ2n) is 11.6. The number of hydrogen-bond acceptors (Lipinski definition) is 3. The first kappa shape index (κ1) is 19.2. The molecule has 0 aromatic rings. The molecule has 5 heteroatoms. The Hall–Kier alpha value is -0.770. The van der Waals surface area contributed by atoms with Gasteiger partial charge < -0.3 is 9.47 Å². The number of ether oxygens (including phenoxy) is 2. The molecule has 1 aliphatic heterocycles. The highest BCUT2D eigenvalue weighted by molar-refractivity contribution is 5.15. The van der Waals surface area contributed by atoms with Crippen LogP contribution in [0.5, 0.6) is 0 Å². The Morgan fingerprint density at radius 3 is 2.29 bits per heavy atom. The lowest BCUT2D eigenvalue weighted by molar-refractivity contribution is -0.180. The van der Waals surface area contributed by atoms with Crippen molar-refractivity contribution in [3.8, 4) is 0 Å². The minimum absolute atomic E-state index is 0.118. The van der Waals surface area contributed by atoms with Gasteiger partial charge in [-0.15, -0.1) is 0 Å². The van der Waals surface area contributed by atoms with Crippen LogP contribution in [0.3, 0.4) is 0 Å². The van der Waals surface area contributed by atoms with Gasteiger partial charge in [-0.25, -0.2) is 0 Å². The first-order valence-electron chi connectivity index (χ1n) is 11.6. The van der Waals surface area contributed by atoms with E-state index in [0.29, 0.717) is 23.2 Å². The highest BCUT2D eigenvalue weighted by atomic mass is 16.8. The molecule has 5 fully saturated rings. The highest BCUT2D eigenvalue weighted by Gasteiger charge is 2.68. The zero-order valence-corrected chi connectivity index (χ0v) is 18.2. The fourth-order valence-corrected chi connectivity index (χ4v) is 8.60. The van der Waals surface area contributed by atoms with Gasteiger partial charge in [-0.3, -0.25) is 0 Å². The van der Waals surface area contributed by atoms with Gasteiger partial charge in [-0.1, -0.05) is 25.9 Å².